The van der Waals surface area contributed by atoms with E-state index in [0.29, 0.717) is 5.56 Å². The monoisotopic (exact) mass is 343 g/mol. The number of benzene rings is 1. The fourth-order valence-electron chi connectivity index (χ4n) is 2.12. The van der Waals surface area contributed by atoms with Gasteiger partial charge in [-0.1, -0.05) is 13.0 Å². The number of hydrogen-bond acceptors (Lipinski definition) is 2. The summed E-state index contributed by atoms with van der Waals surface area (Å²) in [6.45, 7) is 2.75. The lowest BCUT2D eigenvalue weighted by Crippen LogP contribution is -2.26. The smallest absolute Gasteiger partial charge is 0.131 e. The molecule has 0 saturated carbocycles. The Morgan fingerprint density at radius 1 is 1.40 bits per heavy atom. The molecule has 0 saturated heterocycles. The van der Waals surface area contributed by atoms with Crippen molar-refractivity contribution in [2.75, 3.05) is 6.54 Å². The Bertz CT molecular complexity index is 579. The van der Waals surface area contributed by atoms with Crippen molar-refractivity contribution in [1.82, 2.24) is 15.1 Å². The molecule has 0 aliphatic carbocycles. The highest BCUT2D eigenvalue weighted by atomic mass is 79.9. The lowest BCUT2D eigenvalue weighted by Gasteiger charge is -2.20. The van der Waals surface area contributed by atoms with E-state index in [1.54, 1.807) is 17.9 Å². The minimum Gasteiger partial charge on any atom is -0.305 e. The predicted octanol–water partition coefficient (Wildman–Crippen LogP) is 3.55. The summed E-state index contributed by atoms with van der Waals surface area (Å²) in [5.74, 6) is -1.14. The average molecular weight is 344 g/mol. The van der Waals surface area contributed by atoms with Gasteiger partial charge in [-0.3, -0.25) is 4.68 Å². The number of aromatic nitrogens is 2. The molecule has 2 rings (SSSR count). The van der Waals surface area contributed by atoms with Crippen LogP contribution in [0.2, 0.25) is 0 Å². The van der Waals surface area contributed by atoms with E-state index >= 15 is 0 Å². The van der Waals surface area contributed by atoms with E-state index in [4.69, 9.17) is 0 Å². The Balaban J connectivity index is 2.47. The molecule has 20 heavy (non-hydrogen) atoms. The number of hydrogen-bond donors (Lipinski definition) is 1. The van der Waals surface area contributed by atoms with Gasteiger partial charge in [-0.15, -0.1) is 0 Å². The van der Waals surface area contributed by atoms with E-state index in [2.05, 4.69) is 26.3 Å². The molecule has 0 amide bonds. The summed E-state index contributed by atoms with van der Waals surface area (Å²) in [6.07, 6.45) is 2.58. The predicted molar refractivity (Wildman–Crippen MR) is 77.4 cm³/mol. The SMILES string of the molecule is CCCNC(c1ccc(F)cc1F)c1c(Br)cnn1C. The minimum atomic E-state index is -0.579. The van der Waals surface area contributed by atoms with Crippen molar-refractivity contribution < 1.29 is 8.78 Å². The normalized spacial score (nSPS) is 12.7. The Hall–Kier alpha value is -1.27. The number of aryl methyl sites for hydroxylation is 1. The highest BCUT2D eigenvalue weighted by molar-refractivity contribution is 9.10. The van der Waals surface area contributed by atoms with Crippen LogP contribution in [0.5, 0.6) is 0 Å². The van der Waals surface area contributed by atoms with Crippen LogP contribution in [-0.2, 0) is 7.05 Å². The van der Waals surface area contributed by atoms with Gasteiger partial charge in [0.25, 0.3) is 0 Å². The van der Waals surface area contributed by atoms with Crippen molar-refractivity contribution in [3.63, 3.8) is 0 Å². The fraction of sp³-hybridized carbons (Fsp3) is 0.357. The van der Waals surface area contributed by atoms with Crippen LogP contribution in [0.25, 0.3) is 0 Å². The fourth-order valence-corrected chi connectivity index (χ4v) is 2.70. The summed E-state index contributed by atoms with van der Waals surface area (Å²) in [4.78, 5) is 0. The van der Waals surface area contributed by atoms with Crippen molar-refractivity contribution in [2.45, 2.75) is 19.4 Å². The number of rotatable bonds is 5. The van der Waals surface area contributed by atoms with Crippen LogP contribution in [-0.4, -0.2) is 16.3 Å². The van der Waals surface area contributed by atoms with Crippen LogP contribution >= 0.6 is 15.9 Å². The Labute approximate surface area is 125 Å². The molecule has 0 radical (unpaired) electrons. The molecule has 3 nitrogen and oxygen atoms in total. The maximum atomic E-state index is 14.1. The summed E-state index contributed by atoms with van der Waals surface area (Å²) >= 11 is 3.43. The first kappa shape index (κ1) is 15.1. The summed E-state index contributed by atoms with van der Waals surface area (Å²) in [6, 6.07) is 3.26. The molecule has 0 spiro atoms. The molecule has 108 valence electrons. The van der Waals surface area contributed by atoms with Crippen LogP contribution < -0.4 is 5.32 Å². The van der Waals surface area contributed by atoms with Gasteiger partial charge < -0.3 is 5.32 Å². The molecule has 1 aromatic heterocycles. The molecule has 1 aromatic carbocycles. The molecule has 1 atom stereocenters. The maximum Gasteiger partial charge on any atom is 0.131 e. The van der Waals surface area contributed by atoms with E-state index in [1.807, 2.05) is 6.92 Å². The van der Waals surface area contributed by atoms with E-state index in [1.165, 1.54) is 12.1 Å². The lowest BCUT2D eigenvalue weighted by molar-refractivity contribution is 0.511. The standard InChI is InChI=1S/C14H16BrF2N3/c1-3-6-18-13(14-11(15)8-19-20(14)2)10-5-4-9(16)7-12(10)17/h4-5,7-8,13,18H,3,6H2,1-2H3. The lowest BCUT2D eigenvalue weighted by atomic mass is 10.0. The quantitative estimate of drug-likeness (QED) is 0.899. The third-order valence-electron chi connectivity index (χ3n) is 3.08. The molecule has 1 N–H and O–H groups in total. The van der Waals surface area contributed by atoms with Crippen LogP contribution in [0.3, 0.4) is 0 Å². The van der Waals surface area contributed by atoms with Crippen molar-refractivity contribution in [1.29, 1.82) is 0 Å². The summed E-state index contributed by atoms with van der Waals surface area (Å²) in [5, 5.41) is 7.43. The van der Waals surface area contributed by atoms with Crippen molar-refractivity contribution >= 4 is 15.9 Å². The van der Waals surface area contributed by atoms with Crippen LogP contribution in [0.4, 0.5) is 8.78 Å². The maximum absolute atomic E-state index is 14.1. The zero-order valence-corrected chi connectivity index (χ0v) is 12.9. The second-order valence-electron chi connectivity index (χ2n) is 4.55. The summed E-state index contributed by atoms with van der Waals surface area (Å²) < 4.78 is 29.6. The minimum absolute atomic E-state index is 0.377. The number of nitrogens with one attached hydrogen (secondary N) is 1. The molecule has 0 fully saturated rings. The third kappa shape index (κ3) is 3.07. The summed E-state index contributed by atoms with van der Waals surface area (Å²) in [5.41, 5.74) is 1.22. The van der Waals surface area contributed by atoms with Crippen LogP contribution in [0.1, 0.15) is 30.6 Å². The van der Waals surface area contributed by atoms with Gasteiger partial charge in [0.15, 0.2) is 0 Å². The molecule has 6 heteroatoms. The van der Waals surface area contributed by atoms with E-state index in [-0.39, 0.29) is 6.04 Å². The first-order chi connectivity index (χ1) is 9.54. The highest BCUT2D eigenvalue weighted by Gasteiger charge is 2.23. The van der Waals surface area contributed by atoms with Crippen molar-refractivity contribution in [3.8, 4) is 0 Å². The Kier molecular flexibility index (Phi) is 4.88. The zero-order valence-electron chi connectivity index (χ0n) is 11.3. The van der Waals surface area contributed by atoms with Gasteiger partial charge >= 0.3 is 0 Å². The topological polar surface area (TPSA) is 29.9 Å². The van der Waals surface area contributed by atoms with Gasteiger partial charge in [-0.2, -0.15) is 5.10 Å². The molecule has 1 heterocycles. The van der Waals surface area contributed by atoms with Gasteiger partial charge in [0.05, 0.1) is 22.4 Å². The zero-order chi connectivity index (χ0) is 14.7. The molecule has 2 aromatic rings. The molecule has 1 unspecified atom stereocenters. The number of halogens is 3. The molecule has 0 aliphatic heterocycles. The van der Waals surface area contributed by atoms with Gasteiger partial charge in [-0.05, 0) is 35.0 Å². The van der Waals surface area contributed by atoms with Gasteiger partial charge in [0.1, 0.15) is 11.6 Å². The largest absolute Gasteiger partial charge is 0.305 e. The average Bonchev–Trinajstić information content (AvgIpc) is 2.72. The van der Waals surface area contributed by atoms with Crippen molar-refractivity contribution in [2.24, 2.45) is 7.05 Å². The molecular formula is C14H16BrF2N3. The van der Waals surface area contributed by atoms with Gasteiger partial charge in [0, 0.05) is 18.7 Å². The van der Waals surface area contributed by atoms with E-state index in [0.717, 1.165) is 29.2 Å². The van der Waals surface area contributed by atoms with Gasteiger partial charge in [-0.25, -0.2) is 8.78 Å². The van der Waals surface area contributed by atoms with E-state index < -0.39 is 11.6 Å². The number of nitrogens with zero attached hydrogens (tertiary/aromatic N) is 2. The van der Waals surface area contributed by atoms with Crippen LogP contribution in [0.15, 0.2) is 28.9 Å². The van der Waals surface area contributed by atoms with Crippen LogP contribution in [0, 0.1) is 11.6 Å². The molecule has 0 aliphatic rings. The molecular weight excluding hydrogens is 328 g/mol. The Morgan fingerprint density at radius 3 is 2.70 bits per heavy atom. The highest BCUT2D eigenvalue weighted by Crippen LogP contribution is 2.29. The van der Waals surface area contributed by atoms with E-state index in [9.17, 15) is 8.78 Å². The second-order valence-corrected chi connectivity index (χ2v) is 5.41. The second kappa shape index (κ2) is 6.45. The Morgan fingerprint density at radius 2 is 2.15 bits per heavy atom. The van der Waals surface area contributed by atoms with Crippen molar-refractivity contribution in [3.05, 3.63) is 51.8 Å². The molecule has 0 bridgehead atoms. The summed E-state index contributed by atoms with van der Waals surface area (Å²) in [7, 11) is 1.79. The first-order valence-corrected chi connectivity index (χ1v) is 7.19. The third-order valence-corrected chi connectivity index (χ3v) is 3.69. The van der Waals surface area contributed by atoms with Gasteiger partial charge in [0.2, 0.25) is 0 Å². The first-order valence-electron chi connectivity index (χ1n) is 6.40.